The Morgan fingerprint density at radius 2 is 2.05 bits per heavy atom. The number of methoxy groups -OCH3 is 1. The molecule has 3 N–H and O–H groups in total. The third-order valence-corrected chi connectivity index (χ3v) is 4.43. The van der Waals surface area contributed by atoms with Gasteiger partial charge in [0.05, 0.1) is 22.9 Å². The minimum atomic E-state index is -3.45. The molecule has 1 aromatic rings. The largest absolute Gasteiger partial charge is 0.397 e. The molecule has 1 unspecified atom stereocenters. The topological polar surface area (TPSA) is 84.7 Å². The van der Waals surface area contributed by atoms with Crippen LogP contribution in [-0.4, -0.2) is 46.6 Å². The van der Waals surface area contributed by atoms with Crippen molar-refractivity contribution < 1.29 is 13.2 Å². The summed E-state index contributed by atoms with van der Waals surface area (Å²) in [6, 6.07) is 4.74. The van der Waals surface area contributed by atoms with Crippen molar-refractivity contribution in [2.75, 3.05) is 38.9 Å². The molecule has 0 spiro atoms. The second-order valence-corrected chi connectivity index (χ2v) is 6.69. The number of nitrogens with zero attached hydrogens (tertiary/aromatic N) is 1. The lowest BCUT2D eigenvalue weighted by Gasteiger charge is -2.17. The van der Waals surface area contributed by atoms with Gasteiger partial charge < -0.3 is 15.8 Å². The van der Waals surface area contributed by atoms with Crippen molar-refractivity contribution in [1.82, 2.24) is 4.31 Å². The van der Waals surface area contributed by atoms with Crippen LogP contribution in [0.3, 0.4) is 0 Å². The Bertz CT molecular complexity index is 529. The molecule has 19 heavy (non-hydrogen) atoms. The number of ether oxygens (including phenoxy) is 1. The quantitative estimate of drug-likeness (QED) is 0.761. The summed E-state index contributed by atoms with van der Waals surface area (Å²) in [6.07, 6.45) is 0. The van der Waals surface area contributed by atoms with E-state index in [1.54, 1.807) is 13.2 Å². The maximum atomic E-state index is 12.0. The van der Waals surface area contributed by atoms with Gasteiger partial charge in [-0.2, -0.15) is 0 Å². The van der Waals surface area contributed by atoms with Crippen LogP contribution in [0, 0.1) is 0 Å². The molecule has 1 aromatic carbocycles. The standard InChI is InChI=1S/C12H21N3O3S/c1-9(8-18-4)14-12-6-5-10(7-11(12)13)19(16,17)15(2)3/h5-7,9,14H,8,13H2,1-4H3. The van der Waals surface area contributed by atoms with E-state index in [0.717, 1.165) is 4.31 Å². The molecule has 6 nitrogen and oxygen atoms in total. The van der Waals surface area contributed by atoms with E-state index in [1.165, 1.54) is 26.2 Å². The third kappa shape index (κ3) is 3.82. The lowest BCUT2D eigenvalue weighted by molar-refractivity contribution is 0.190. The molecule has 0 bridgehead atoms. The molecule has 0 fully saturated rings. The molecule has 1 rings (SSSR count). The van der Waals surface area contributed by atoms with E-state index in [1.807, 2.05) is 6.92 Å². The summed E-state index contributed by atoms with van der Waals surface area (Å²) >= 11 is 0. The van der Waals surface area contributed by atoms with Gasteiger partial charge in [0.25, 0.3) is 0 Å². The summed E-state index contributed by atoms with van der Waals surface area (Å²) in [5, 5.41) is 3.16. The van der Waals surface area contributed by atoms with Crippen LogP contribution >= 0.6 is 0 Å². The van der Waals surface area contributed by atoms with Gasteiger partial charge in [-0.1, -0.05) is 0 Å². The van der Waals surface area contributed by atoms with E-state index < -0.39 is 10.0 Å². The first-order valence-electron chi connectivity index (χ1n) is 5.86. The number of rotatable bonds is 6. The zero-order valence-electron chi connectivity index (χ0n) is 11.7. The first-order chi connectivity index (χ1) is 8.78. The Kier molecular flexibility index (Phi) is 5.16. The van der Waals surface area contributed by atoms with Crippen LogP contribution in [0.4, 0.5) is 11.4 Å². The molecule has 0 aliphatic rings. The lowest BCUT2D eigenvalue weighted by Crippen LogP contribution is -2.23. The lowest BCUT2D eigenvalue weighted by atomic mass is 10.2. The third-order valence-electron chi connectivity index (χ3n) is 2.62. The van der Waals surface area contributed by atoms with Gasteiger partial charge in [-0.25, -0.2) is 12.7 Å². The predicted molar refractivity (Wildman–Crippen MR) is 76.7 cm³/mol. The van der Waals surface area contributed by atoms with E-state index in [2.05, 4.69) is 5.32 Å². The normalized spacial score (nSPS) is 13.5. The number of benzene rings is 1. The van der Waals surface area contributed by atoms with Crippen molar-refractivity contribution in [1.29, 1.82) is 0 Å². The second-order valence-electron chi connectivity index (χ2n) is 4.54. The van der Waals surface area contributed by atoms with Crippen LogP contribution in [-0.2, 0) is 14.8 Å². The minimum absolute atomic E-state index is 0.0867. The van der Waals surface area contributed by atoms with Crippen molar-refractivity contribution in [2.24, 2.45) is 0 Å². The molecule has 108 valence electrons. The van der Waals surface area contributed by atoms with Crippen molar-refractivity contribution in [3.63, 3.8) is 0 Å². The zero-order chi connectivity index (χ0) is 14.6. The molecule has 0 saturated carbocycles. The van der Waals surface area contributed by atoms with E-state index in [9.17, 15) is 8.42 Å². The van der Waals surface area contributed by atoms with Crippen molar-refractivity contribution >= 4 is 21.4 Å². The summed E-state index contributed by atoms with van der Waals surface area (Å²) in [6.45, 7) is 2.49. The first-order valence-corrected chi connectivity index (χ1v) is 7.30. The van der Waals surface area contributed by atoms with Crippen molar-refractivity contribution in [3.8, 4) is 0 Å². The van der Waals surface area contributed by atoms with Gasteiger partial charge >= 0.3 is 0 Å². The zero-order valence-corrected chi connectivity index (χ0v) is 12.5. The average molecular weight is 287 g/mol. The molecular weight excluding hydrogens is 266 g/mol. The van der Waals surface area contributed by atoms with Gasteiger partial charge in [0.1, 0.15) is 0 Å². The number of nitrogens with two attached hydrogens (primary N) is 1. The van der Waals surface area contributed by atoms with E-state index >= 15 is 0 Å². The van der Waals surface area contributed by atoms with E-state index in [-0.39, 0.29) is 10.9 Å². The molecule has 0 radical (unpaired) electrons. The highest BCUT2D eigenvalue weighted by molar-refractivity contribution is 7.89. The first kappa shape index (κ1) is 15.7. The fourth-order valence-electron chi connectivity index (χ4n) is 1.60. The number of nitrogens with one attached hydrogen (secondary N) is 1. The molecule has 0 heterocycles. The monoisotopic (exact) mass is 287 g/mol. The van der Waals surface area contributed by atoms with E-state index in [4.69, 9.17) is 10.5 Å². The maximum Gasteiger partial charge on any atom is 0.242 e. The number of hydrogen-bond donors (Lipinski definition) is 2. The predicted octanol–water partition coefficient (Wildman–Crippen LogP) is 0.966. The molecule has 0 aliphatic heterocycles. The summed E-state index contributed by atoms with van der Waals surface area (Å²) in [7, 11) is 1.13. The Morgan fingerprint density at radius 3 is 2.53 bits per heavy atom. The Morgan fingerprint density at radius 1 is 1.42 bits per heavy atom. The highest BCUT2D eigenvalue weighted by Crippen LogP contribution is 2.24. The van der Waals surface area contributed by atoms with Crippen LogP contribution in [0.15, 0.2) is 23.1 Å². The fraction of sp³-hybridized carbons (Fsp3) is 0.500. The Balaban J connectivity index is 2.99. The van der Waals surface area contributed by atoms with Crippen LogP contribution in [0.1, 0.15) is 6.92 Å². The van der Waals surface area contributed by atoms with Crippen LogP contribution in [0.5, 0.6) is 0 Å². The Hall–Kier alpha value is -1.31. The molecule has 0 amide bonds. The summed E-state index contributed by atoms with van der Waals surface area (Å²) < 4.78 is 30.1. The molecular formula is C12H21N3O3S. The maximum absolute atomic E-state index is 12.0. The summed E-state index contributed by atoms with van der Waals surface area (Å²) in [4.78, 5) is 0.181. The van der Waals surface area contributed by atoms with Crippen molar-refractivity contribution in [2.45, 2.75) is 17.9 Å². The van der Waals surface area contributed by atoms with Gasteiger partial charge in [-0.3, -0.25) is 0 Å². The smallest absolute Gasteiger partial charge is 0.242 e. The number of hydrogen-bond acceptors (Lipinski definition) is 5. The number of sulfonamides is 1. The van der Waals surface area contributed by atoms with Crippen LogP contribution in [0.2, 0.25) is 0 Å². The number of anilines is 2. The van der Waals surface area contributed by atoms with Gasteiger partial charge in [-0.05, 0) is 25.1 Å². The van der Waals surface area contributed by atoms with Crippen LogP contribution < -0.4 is 11.1 Å². The van der Waals surface area contributed by atoms with E-state index in [0.29, 0.717) is 18.0 Å². The molecule has 7 heteroatoms. The molecule has 1 atom stereocenters. The molecule has 0 aromatic heterocycles. The highest BCUT2D eigenvalue weighted by atomic mass is 32.2. The summed E-state index contributed by atoms with van der Waals surface area (Å²) in [5.41, 5.74) is 6.97. The molecule has 0 aliphatic carbocycles. The SMILES string of the molecule is COCC(C)Nc1ccc(S(=O)(=O)N(C)C)cc1N. The molecule has 0 saturated heterocycles. The number of nitrogen functional groups attached to an aromatic ring is 1. The van der Waals surface area contributed by atoms with Crippen LogP contribution in [0.25, 0.3) is 0 Å². The van der Waals surface area contributed by atoms with Gasteiger partial charge in [0.2, 0.25) is 10.0 Å². The van der Waals surface area contributed by atoms with Gasteiger partial charge in [0.15, 0.2) is 0 Å². The van der Waals surface area contributed by atoms with Gasteiger partial charge in [0, 0.05) is 27.2 Å². The van der Waals surface area contributed by atoms with Crippen molar-refractivity contribution in [3.05, 3.63) is 18.2 Å². The minimum Gasteiger partial charge on any atom is -0.397 e. The van der Waals surface area contributed by atoms with Gasteiger partial charge in [-0.15, -0.1) is 0 Å². The second kappa shape index (κ2) is 6.23. The Labute approximate surface area is 114 Å². The average Bonchev–Trinajstić information content (AvgIpc) is 2.31. The summed E-state index contributed by atoms with van der Waals surface area (Å²) in [5.74, 6) is 0. The highest BCUT2D eigenvalue weighted by Gasteiger charge is 2.18. The fourth-order valence-corrected chi connectivity index (χ4v) is 2.54.